The molecule has 0 aliphatic carbocycles. The first-order chi connectivity index (χ1) is 8.15. The van der Waals surface area contributed by atoms with E-state index in [0.717, 1.165) is 12.2 Å². The Hall–Kier alpha value is -0.960. The molecule has 0 saturated heterocycles. The van der Waals surface area contributed by atoms with Crippen molar-refractivity contribution in [2.24, 2.45) is 5.92 Å². The van der Waals surface area contributed by atoms with Crippen molar-refractivity contribution in [2.45, 2.75) is 33.2 Å². The minimum Gasteiger partial charge on any atom is -0.478 e. The third-order valence-corrected chi connectivity index (χ3v) is 2.68. The van der Waals surface area contributed by atoms with Crippen molar-refractivity contribution < 1.29 is 4.74 Å². The molecule has 3 nitrogen and oxygen atoms in total. The van der Waals surface area contributed by atoms with Crippen LogP contribution in [0, 0.1) is 5.92 Å². The maximum Gasteiger partial charge on any atom is 0.215 e. The van der Waals surface area contributed by atoms with Crippen LogP contribution < -0.4 is 10.1 Å². The van der Waals surface area contributed by atoms with Gasteiger partial charge in [-0.25, -0.2) is 0 Å². The number of halogens is 1. The highest BCUT2D eigenvalue weighted by molar-refractivity contribution is 6.18. The van der Waals surface area contributed by atoms with Gasteiger partial charge in [-0.05, 0) is 25.3 Å². The average molecular weight is 257 g/mol. The van der Waals surface area contributed by atoms with Gasteiger partial charge < -0.3 is 10.1 Å². The van der Waals surface area contributed by atoms with Crippen molar-refractivity contribution in [2.75, 3.05) is 17.8 Å². The van der Waals surface area contributed by atoms with Gasteiger partial charge in [-0.15, -0.1) is 11.6 Å². The summed E-state index contributed by atoms with van der Waals surface area (Å²) in [5.41, 5.74) is 0. The Labute approximate surface area is 109 Å². The van der Waals surface area contributed by atoms with Crippen molar-refractivity contribution in [1.82, 2.24) is 4.98 Å². The second-order valence-electron chi connectivity index (χ2n) is 4.42. The Morgan fingerprint density at radius 2 is 2.18 bits per heavy atom. The number of hydrogen-bond acceptors (Lipinski definition) is 3. The first-order valence-electron chi connectivity index (χ1n) is 6.08. The molecule has 1 unspecified atom stereocenters. The molecule has 4 heteroatoms. The number of nitrogens with one attached hydrogen (secondary N) is 1. The zero-order chi connectivity index (χ0) is 12.7. The van der Waals surface area contributed by atoms with Crippen LogP contribution in [0.3, 0.4) is 0 Å². The summed E-state index contributed by atoms with van der Waals surface area (Å²) >= 11 is 5.94. The zero-order valence-corrected chi connectivity index (χ0v) is 11.5. The van der Waals surface area contributed by atoms with Crippen molar-refractivity contribution >= 4 is 17.4 Å². The van der Waals surface area contributed by atoms with Crippen molar-refractivity contribution in [3.63, 3.8) is 0 Å². The molecule has 0 aromatic carbocycles. The van der Waals surface area contributed by atoms with E-state index in [1.54, 1.807) is 0 Å². The summed E-state index contributed by atoms with van der Waals surface area (Å²) in [6, 6.07) is 5.97. The highest BCUT2D eigenvalue weighted by Gasteiger charge is 2.10. The minimum absolute atomic E-state index is 0.251. The van der Waals surface area contributed by atoms with E-state index in [0.29, 0.717) is 24.3 Å². The van der Waals surface area contributed by atoms with Crippen LogP contribution in [0.5, 0.6) is 5.88 Å². The summed E-state index contributed by atoms with van der Waals surface area (Å²) in [4.78, 5) is 4.37. The molecule has 0 aliphatic rings. The van der Waals surface area contributed by atoms with E-state index in [1.165, 1.54) is 0 Å². The summed E-state index contributed by atoms with van der Waals surface area (Å²) in [5.74, 6) is 2.66. The first-order valence-corrected chi connectivity index (χ1v) is 6.61. The number of alkyl halides is 1. The van der Waals surface area contributed by atoms with E-state index in [-0.39, 0.29) is 6.04 Å². The van der Waals surface area contributed by atoms with E-state index in [4.69, 9.17) is 16.3 Å². The summed E-state index contributed by atoms with van der Waals surface area (Å²) < 4.78 is 5.36. The van der Waals surface area contributed by atoms with Gasteiger partial charge in [0.2, 0.25) is 5.88 Å². The molecule has 1 aromatic rings. The monoisotopic (exact) mass is 256 g/mol. The number of nitrogens with zero attached hydrogens (tertiary/aromatic N) is 1. The molecule has 0 aliphatic heterocycles. The van der Waals surface area contributed by atoms with Gasteiger partial charge in [0, 0.05) is 18.0 Å². The number of aromatic nitrogens is 1. The second kappa shape index (κ2) is 7.38. The van der Waals surface area contributed by atoms with Gasteiger partial charge in [0.1, 0.15) is 5.82 Å². The molecular weight excluding hydrogens is 236 g/mol. The lowest BCUT2D eigenvalue weighted by molar-refractivity contribution is 0.327. The normalized spacial score (nSPS) is 12.5. The van der Waals surface area contributed by atoms with E-state index in [2.05, 4.69) is 24.1 Å². The van der Waals surface area contributed by atoms with Gasteiger partial charge in [-0.3, -0.25) is 0 Å². The molecule has 1 aromatic heterocycles. The average Bonchev–Trinajstić information content (AvgIpc) is 2.28. The van der Waals surface area contributed by atoms with Crippen LogP contribution in [-0.4, -0.2) is 23.5 Å². The fraction of sp³-hybridized carbons (Fsp3) is 0.615. The van der Waals surface area contributed by atoms with Gasteiger partial charge in [0.15, 0.2) is 0 Å². The molecule has 1 heterocycles. The lowest BCUT2D eigenvalue weighted by Crippen LogP contribution is -2.23. The third-order valence-electron chi connectivity index (χ3n) is 2.31. The van der Waals surface area contributed by atoms with Crippen LogP contribution in [-0.2, 0) is 0 Å². The Kier molecular flexibility index (Phi) is 6.12. The van der Waals surface area contributed by atoms with Crippen LogP contribution in [0.15, 0.2) is 18.2 Å². The lowest BCUT2D eigenvalue weighted by Gasteiger charge is -2.18. The van der Waals surface area contributed by atoms with Crippen LogP contribution in [0.4, 0.5) is 5.82 Å². The van der Waals surface area contributed by atoms with E-state index < -0.39 is 0 Å². The molecule has 0 radical (unpaired) electrons. The van der Waals surface area contributed by atoms with E-state index in [9.17, 15) is 0 Å². The van der Waals surface area contributed by atoms with Crippen LogP contribution in [0.2, 0.25) is 0 Å². The molecule has 0 fully saturated rings. The maximum atomic E-state index is 5.94. The van der Waals surface area contributed by atoms with Crippen LogP contribution in [0.25, 0.3) is 0 Å². The summed E-state index contributed by atoms with van der Waals surface area (Å²) in [6.45, 7) is 6.94. The second-order valence-corrected chi connectivity index (χ2v) is 4.73. The highest BCUT2D eigenvalue weighted by Crippen LogP contribution is 2.15. The first kappa shape index (κ1) is 14.1. The predicted octanol–water partition coefficient (Wildman–Crippen LogP) is 3.55. The van der Waals surface area contributed by atoms with Crippen molar-refractivity contribution in [3.8, 4) is 5.88 Å². The van der Waals surface area contributed by atoms with E-state index in [1.807, 2.05) is 25.1 Å². The summed E-state index contributed by atoms with van der Waals surface area (Å²) in [7, 11) is 0. The Balaban J connectivity index is 2.62. The fourth-order valence-electron chi connectivity index (χ4n) is 1.66. The predicted molar refractivity (Wildman–Crippen MR) is 73.0 cm³/mol. The molecule has 0 saturated carbocycles. The molecule has 1 atom stereocenters. The summed E-state index contributed by atoms with van der Waals surface area (Å²) in [6.07, 6.45) is 1.03. The largest absolute Gasteiger partial charge is 0.478 e. The number of pyridine rings is 1. The molecular formula is C13H21ClN2O. The van der Waals surface area contributed by atoms with E-state index >= 15 is 0 Å². The number of ether oxygens (including phenoxy) is 1. The Morgan fingerprint density at radius 1 is 1.41 bits per heavy atom. The van der Waals surface area contributed by atoms with Crippen LogP contribution >= 0.6 is 11.6 Å². The molecule has 17 heavy (non-hydrogen) atoms. The third kappa shape index (κ3) is 5.26. The quantitative estimate of drug-likeness (QED) is 0.758. The standard InChI is InChI=1S/C13H21ClN2O/c1-4-17-13-7-5-6-12(16-13)15-11(9-14)8-10(2)3/h5-7,10-11H,4,8-9H2,1-3H3,(H,15,16). The van der Waals surface area contributed by atoms with Crippen molar-refractivity contribution in [3.05, 3.63) is 18.2 Å². The van der Waals surface area contributed by atoms with Gasteiger partial charge >= 0.3 is 0 Å². The van der Waals surface area contributed by atoms with Gasteiger partial charge in [-0.2, -0.15) is 4.98 Å². The van der Waals surface area contributed by atoms with Gasteiger partial charge in [-0.1, -0.05) is 19.9 Å². The summed E-state index contributed by atoms with van der Waals surface area (Å²) in [5, 5.41) is 3.34. The number of rotatable bonds is 7. The molecule has 0 amide bonds. The number of anilines is 1. The maximum absolute atomic E-state index is 5.94. The van der Waals surface area contributed by atoms with Crippen molar-refractivity contribution in [1.29, 1.82) is 0 Å². The molecule has 96 valence electrons. The zero-order valence-electron chi connectivity index (χ0n) is 10.7. The fourth-order valence-corrected chi connectivity index (χ4v) is 1.87. The molecule has 0 spiro atoms. The van der Waals surface area contributed by atoms with Gasteiger partial charge in [0.25, 0.3) is 0 Å². The topological polar surface area (TPSA) is 34.1 Å². The SMILES string of the molecule is CCOc1cccc(NC(CCl)CC(C)C)n1. The lowest BCUT2D eigenvalue weighted by atomic mass is 10.1. The smallest absolute Gasteiger partial charge is 0.215 e. The molecule has 1 rings (SSSR count). The molecule has 1 N–H and O–H groups in total. The molecule has 0 bridgehead atoms. The minimum atomic E-state index is 0.251. The van der Waals surface area contributed by atoms with Crippen LogP contribution in [0.1, 0.15) is 27.2 Å². The Morgan fingerprint density at radius 3 is 2.76 bits per heavy atom. The number of hydrogen-bond donors (Lipinski definition) is 1. The Bertz CT molecular complexity index is 331. The highest BCUT2D eigenvalue weighted by atomic mass is 35.5. The van der Waals surface area contributed by atoms with Gasteiger partial charge in [0.05, 0.1) is 6.61 Å².